The summed E-state index contributed by atoms with van der Waals surface area (Å²) in [5.74, 6) is 0.563. The Morgan fingerprint density at radius 1 is 1.08 bits per heavy atom. The Kier molecular flexibility index (Phi) is 5.43. The van der Waals surface area contributed by atoms with Crippen LogP contribution < -0.4 is 20.1 Å². The first-order valence-electron chi connectivity index (χ1n) is 7.41. The van der Waals surface area contributed by atoms with Gasteiger partial charge in [-0.1, -0.05) is 0 Å². The fourth-order valence-corrected chi connectivity index (χ4v) is 2.35. The average molecular weight is 345 g/mol. The van der Waals surface area contributed by atoms with E-state index in [1.165, 1.54) is 32.4 Å². The Labute approximate surface area is 144 Å². The number of aryl methyl sites for hydroxylation is 1. The quantitative estimate of drug-likeness (QED) is 0.615. The summed E-state index contributed by atoms with van der Waals surface area (Å²) in [6, 6.07) is 7.62. The molecule has 0 bridgehead atoms. The van der Waals surface area contributed by atoms with Crippen molar-refractivity contribution in [2.24, 2.45) is 0 Å². The lowest BCUT2D eigenvalue weighted by Crippen LogP contribution is -2.13. The number of ether oxygens (including phenoxy) is 2. The fourth-order valence-electron chi connectivity index (χ4n) is 2.35. The van der Waals surface area contributed by atoms with Crippen LogP contribution in [0.2, 0.25) is 0 Å². The summed E-state index contributed by atoms with van der Waals surface area (Å²) in [5.41, 5.74) is 1.65. The third-order valence-corrected chi connectivity index (χ3v) is 3.70. The van der Waals surface area contributed by atoms with Gasteiger partial charge < -0.3 is 20.1 Å². The number of hydrogen-bond acceptors (Lipinski definition) is 6. The fraction of sp³-hybridized carbons (Fsp3) is 0.235. The number of rotatable bonds is 6. The van der Waals surface area contributed by atoms with Crippen molar-refractivity contribution in [2.75, 3.05) is 31.9 Å². The second-order valence-electron chi connectivity index (χ2n) is 5.22. The summed E-state index contributed by atoms with van der Waals surface area (Å²) in [6.45, 7) is 1.81. The van der Waals surface area contributed by atoms with E-state index < -0.39 is 10.8 Å². The Hall–Kier alpha value is -3.29. The van der Waals surface area contributed by atoms with E-state index in [0.29, 0.717) is 22.9 Å². The summed E-state index contributed by atoms with van der Waals surface area (Å²) in [5, 5.41) is 16.6. The molecule has 0 spiro atoms. The number of nitrogens with zero attached hydrogens (tertiary/aromatic N) is 1. The zero-order chi connectivity index (χ0) is 18.6. The lowest BCUT2D eigenvalue weighted by atomic mass is 10.1. The summed E-state index contributed by atoms with van der Waals surface area (Å²) in [6.07, 6.45) is 0. The Balaban J connectivity index is 2.34. The molecule has 2 N–H and O–H groups in total. The number of nitro groups is 1. The van der Waals surface area contributed by atoms with E-state index in [9.17, 15) is 14.9 Å². The molecule has 8 nitrogen and oxygen atoms in total. The molecule has 0 aliphatic carbocycles. The minimum atomic E-state index is -0.537. The first-order chi connectivity index (χ1) is 11.9. The van der Waals surface area contributed by atoms with Gasteiger partial charge in [-0.25, -0.2) is 0 Å². The highest BCUT2D eigenvalue weighted by atomic mass is 16.6. The predicted molar refractivity (Wildman–Crippen MR) is 94.9 cm³/mol. The van der Waals surface area contributed by atoms with Crippen molar-refractivity contribution in [3.8, 4) is 11.5 Å². The first-order valence-corrected chi connectivity index (χ1v) is 7.41. The molecule has 0 fully saturated rings. The average Bonchev–Trinajstić information content (AvgIpc) is 2.62. The number of methoxy groups -OCH3 is 2. The number of nitrogens with one attached hydrogen (secondary N) is 2. The molecule has 0 saturated heterocycles. The van der Waals surface area contributed by atoms with Crippen molar-refractivity contribution in [1.82, 2.24) is 0 Å². The Bertz CT molecular complexity index is 820. The van der Waals surface area contributed by atoms with Crippen LogP contribution in [0.4, 0.5) is 17.1 Å². The van der Waals surface area contributed by atoms with E-state index in [4.69, 9.17) is 9.47 Å². The molecule has 0 aliphatic rings. The smallest absolute Gasteiger partial charge is 0.293 e. The van der Waals surface area contributed by atoms with Gasteiger partial charge in [0.1, 0.15) is 5.69 Å². The van der Waals surface area contributed by atoms with Crippen LogP contribution in [0.5, 0.6) is 11.5 Å². The van der Waals surface area contributed by atoms with Crippen molar-refractivity contribution >= 4 is 23.0 Å². The van der Waals surface area contributed by atoms with Gasteiger partial charge in [-0.3, -0.25) is 14.9 Å². The second kappa shape index (κ2) is 7.52. The molecule has 0 aromatic heterocycles. The number of nitro benzene ring substituents is 1. The van der Waals surface area contributed by atoms with Crippen molar-refractivity contribution in [1.29, 1.82) is 0 Å². The van der Waals surface area contributed by atoms with E-state index in [1.807, 2.05) is 6.92 Å². The summed E-state index contributed by atoms with van der Waals surface area (Å²) < 4.78 is 10.4. The van der Waals surface area contributed by atoms with Crippen LogP contribution in [-0.4, -0.2) is 32.1 Å². The van der Waals surface area contributed by atoms with E-state index in [0.717, 1.165) is 5.56 Å². The molecule has 25 heavy (non-hydrogen) atoms. The number of amides is 1. The van der Waals surface area contributed by atoms with E-state index >= 15 is 0 Å². The van der Waals surface area contributed by atoms with Crippen LogP contribution in [0.3, 0.4) is 0 Å². The molecule has 0 aliphatic heterocycles. The summed E-state index contributed by atoms with van der Waals surface area (Å²) in [7, 11) is 4.60. The van der Waals surface area contributed by atoms with Crippen molar-refractivity contribution < 1.29 is 19.2 Å². The van der Waals surface area contributed by atoms with E-state index in [2.05, 4.69) is 10.6 Å². The zero-order valence-electron chi connectivity index (χ0n) is 14.4. The molecule has 0 radical (unpaired) electrons. The largest absolute Gasteiger partial charge is 0.493 e. The standard InChI is InChI=1S/C17H19N3O5/c1-10-7-15(24-3)16(25-4)9-13(10)19-17(21)11-5-6-12(18-2)14(8-11)20(22)23/h5-9,18H,1-4H3,(H,19,21). The molecule has 2 rings (SSSR count). The number of carbonyl (C=O) groups excluding carboxylic acids is 1. The molecular formula is C17H19N3O5. The van der Waals surface area contributed by atoms with Gasteiger partial charge in [0.15, 0.2) is 11.5 Å². The summed E-state index contributed by atoms with van der Waals surface area (Å²) in [4.78, 5) is 23.1. The topological polar surface area (TPSA) is 103 Å². The molecule has 1 amide bonds. The van der Waals surface area contributed by atoms with Crippen LogP contribution in [0.1, 0.15) is 15.9 Å². The van der Waals surface area contributed by atoms with Crippen LogP contribution in [-0.2, 0) is 0 Å². The molecule has 0 unspecified atom stereocenters. The van der Waals surface area contributed by atoms with Gasteiger partial charge in [0, 0.05) is 30.4 Å². The Morgan fingerprint density at radius 2 is 1.72 bits per heavy atom. The maximum absolute atomic E-state index is 12.5. The first kappa shape index (κ1) is 18.1. The normalized spacial score (nSPS) is 10.1. The highest BCUT2D eigenvalue weighted by Gasteiger charge is 2.18. The third-order valence-electron chi connectivity index (χ3n) is 3.70. The number of anilines is 2. The van der Waals surface area contributed by atoms with Crippen LogP contribution in [0, 0.1) is 17.0 Å². The highest BCUT2D eigenvalue weighted by molar-refractivity contribution is 6.05. The number of hydrogen-bond donors (Lipinski definition) is 2. The zero-order valence-corrected chi connectivity index (χ0v) is 14.4. The maximum atomic E-state index is 12.5. The number of benzene rings is 2. The van der Waals surface area contributed by atoms with E-state index in [-0.39, 0.29) is 11.3 Å². The second-order valence-corrected chi connectivity index (χ2v) is 5.22. The summed E-state index contributed by atoms with van der Waals surface area (Å²) >= 11 is 0. The van der Waals surface area contributed by atoms with Crippen molar-refractivity contribution in [3.05, 3.63) is 51.6 Å². The van der Waals surface area contributed by atoms with Gasteiger partial charge in [0.25, 0.3) is 11.6 Å². The lowest BCUT2D eigenvalue weighted by Gasteiger charge is -2.14. The third kappa shape index (κ3) is 3.79. The molecule has 0 atom stereocenters. The molecule has 0 saturated carbocycles. The van der Waals surface area contributed by atoms with Gasteiger partial charge >= 0.3 is 0 Å². The molecule has 2 aromatic carbocycles. The van der Waals surface area contributed by atoms with Crippen LogP contribution in [0.25, 0.3) is 0 Å². The highest BCUT2D eigenvalue weighted by Crippen LogP contribution is 2.33. The molecule has 132 valence electrons. The molecule has 8 heteroatoms. The molecular weight excluding hydrogens is 326 g/mol. The monoisotopic (exact) mass is 345 g/mol. The molecule has 0 heterocycles. The van der Waals surface area contributed by atoms with E-state index in [1.54, 1.807) is 19.2 Å². The minimum absolute atomic E-state index is 0.167. The van der Waals surface area contributed by atoms with Crippen LogP contribution >= 0.6 is 0 Å². The van der Waals surface area contributed by atoms with Gasteiger partial charge in [0.05, 0.1) is 19.1 Å². The SMILES string of the molecule is CNc1ccc(C(=O)Nc2cc(OC)c(OC)cc2C)cc1[N+](=O)[O-]. The van der Waals surface area contributed by atoms with Gasteiger partial charge in [-0.2, -0.15) is 0 Å². The van der Waals surface area contributed by atoms with Crippen LogP contribution in [0.15, 0.2) is 30.3 Å². The maximum Gasteiger partial charge on any atom is 0.293 e. The van der Waals surface area contributed by atoms with Gasteiger partial charge in [0.2, 0.25) is 0 Å². The van der Waals surface area contributed by atoms with Crippen molar-refractivity contribution in [3.63, 3.8) is 0 Å². The lowest BCUT2D eigenvalue weighted by molar-refractivity contribution is -0.384. The minimum Gasteiger partial charge on any atom is -0.493 e. The van der Waals surface area contributed by atoms with Gasteiger partial charge in [-0.15, -0.1) is 0 Å². The van der Waals surface area contributed by atoms with Crippen molar-refractivity contribution in [2.45, 2.75) is 6.92 Å². The predicted octanol–water partition coefficient (Wildman–Crippen LogP) is 3.21. The van der Waals surface area contributed by atoms with Gasteiger partial charge in [-0.05, 0) is 30.7 Å². The molecule has 2 aromatic rings. The number of carbonyl (C=O) groups is 1. The Morgan fingerprint density at radius 3 is 2.28 bits per heavy atom.